The number of aliphatic imine (C=N–C) groups is 1. The van der Waals surface area contributed by atoms with Gasteiger partial charge in [-0.25, -0.2) is 0 Å². The zero-order valence-corrected chi connectivity index (χ0v) is 21.1. The van der Waals surface area contributed by atoms with Gasteiger partial charge in [0.25, 0.3) is 0 Å². The molecular formula is C24H35IN4O2. The summed E-state index contributed by atoms with van der Waals surface area (Å²) in [6.45, 7) is 3.72. The van der Waals surface area contributed by atoms with Crippen LogP contribution in [0.15, 0.2) is 53.5 Å². The lowest BCUT2D eigenvalue weighted by molar-refractivity contribution is 0.261. The summed E-state index contributed by atoms with van der Waals surface area (Å²) in [5.41, 5.74) is 2.28. The van der Waals surface area contributed by atoms with E-state index in [0.717, 1.165) is 47.7 Å². The van der Waals surface area contributed by atoms with Gasteiger partial charge in [0.2, 0.25) is 0 Å². The predicted molar refractivity (Wildman–Crippen MR) is 138 cm³/mol. The molecule has 0 spiro atoms. The Balaban J connectivity index is 0.00000341. The van der Waals surface area contributed by atoms with E-state index in [-0.39, 0.29) is 24.0 Å². The maximum absolute atomic E-state index is 6.00. The number of nitrogens with one attached hydrogen (secondary N) is 2. The van der Waals surface area contributed by atoms with Gasteiger partial charge in [0.15, 0.2) is 5.96 Å². The van der Waals surface area contributed by atoms with Gasteiger partial charge in [0.05, 0.1) is 6.61 Å². The first-order valence-electron chi connectivity index (χ1n) is 10.7. The van der Waals surface area contributed by atoms with Crippen LogP contribution >= 0.6 is 24.0 Å². The lowest BCUT2D eigenvalue weighted by Crippen LogP contribution is -2.36. The highest BCUT2D eigenvalue weighted by Crippen LogP contribution is 2.30. The van der Waals surface area contributed by atoms with Gasteiger partial charge >= 0.3 is 0 Å². The summed E-state index contributed by atoms with van der Waals surface area (Å²) < 4.78 is 11.8. The smallest absolute Gasteiger partial charge is 0.191 e. The van der Waals surface area contributed by atoms with Crippen molar-refractivity contribution in [1.29, 1.82) is 0 Å². The molecule has 1 aliphatic rings. The minimum absolute atomic E-state index is 0. The molecule has 1 aliphatic carbocycles. The minimum atomic E-state index is 0. The lowest BCUT2D eigenvalue weighted by Gasteiger charge is -2.15. The fourth-order valence-electron chi connectivity index (χ4n) is 2.96. The Hall–Kier alpha value is -2.00. The molecule has 2 aromatic rings. The molecule has 31 heavy (non-hydrogen) atoms. The summed E-state index contributed by atoms with van der Waals surface area (Å²) in [7, 11) is 5.87. The van der Waals surface area contributed by atoms with E-state index < -0.39 is 0 Å². The lowest BCUT2D eigenvalue weighted by atomic mass is 10.2. The molecule has 0 atom stereocenters. The standard InChI is InChI=1S/C24H34N4O2.HI/c1-25-24(26-16-20-7-6-9-22(15-20)29-14-13-28(2)3)27-17-21-8-4-5-10-23(21)30-18-19-11-12-19;/h4-10,15,19H,11-14,16-18H2,1-3H3,(H2,25,26,27);1H. The van der Waals surface area contributed by atoms with Crippen LogP contribution in [0.4, 0.5) is 0 Å². The molecule has 0 aliphatic heterocycles. The molecule has 7 heteroatoms. The number of ether oxygens (including phenoxy) is 2. The molecule has 0 unspecified atom stereocenters. The van der Waals surface area contributed by atoms with E-state index in [1.54, 1.807) is 7.05 Å². The van der Waals surface area contributed by atoms with E-state index in [4.69, 9.17) is 9.47 Å². The second kappa shape index (κ2) is 13.4. The van der Waals surface area contributed by atoms with E-state index in [0.29, 0.717) is 19.7 Å². The highest BCUT2D eigenvalue weighted by Gasteiger charge is 2.22. The number of hydrogen-bond acceptors (Lipinski definition) is 4. The normalized spacial score (nSPS) is 13.5. The highest BCUT2D eigenvalue weighted by atomic mass is 127. The van der Waals surface area contributed by atoms with Crippen molar-refractivity contribution in [3.63, 3.8) is 0 Å². The van der Waals surface area contributed by atoms with Gasteiger partial charge in [-0.3, -0.25) is 4.99 Å². The van der Waals surface area contributed by atoms with Crippen LogP contribution in [0.1, 0.15) is 24.0 Å². The second-order valence-corrected chi connectivity index (χ2v) is 7.94. The summed E-state index contributed by atoms with van der Waals surface area (Å²) in [6.07, 6.45) is 2.58. The monoisotopic (exact) mass is 538 g/mol. The van der Waals surface area contributed by atoms with E-state index in [2.05, 4.69) is 38.7 Å². The van der Waals surface area contributed by atoms with Gasteiger partial charge in [-0.05, 0) is 56.6 Å². The zero-order valence-electron chi connectivity index (χ0n) is 18.8. The van der Waals surface area contributed by atoms with Crippen LogP contribution in [0.3, 0.4) is 0 Å². The molecule has 2 aromatic carbocycles. The van der Waals surface area contributed by atoms with Gasteiger partial charge < -0.3 is 25.0 Å². The summed E-state index contributed by atoms with van der Waals surface area (Å²) in [6, 6.07) is 16.4. The molecule has 0 saturated heterocycles. The zero-order chi connectivity index (χ0) is 21.2. The quantitative estimate of drug-likeness (QED) is 0.258. The van der Waals surface area contributed by atoms with Crippen molar-refractivity contribution >= 4 is 29.9 Å². The summed E-state index contributed by atoms with van der Waals surface area (Å²) in [5.74, 6) is 3.34. The first kappa shape index (κ1) is 25.3. The van der Waals surface area contributed by atoms with Crippen LogP contribution in [0.25, 0.3) is 0 Å². The Bertz CT molecular complexity index is 825. The number of rotatable bonds is 11. The average Bonchev–Trinajstić information content (AvgIpc) is 3.58. The van der Waals surface area contributed by atoms with Crippen LogP contribution in [0.2, 0.25) is 0 Å². The second-order valence-electron chi connectivity index (χ2n) is 7.94. The molecule has 2 N–H and O–H groups in total. The number of benzene rings is 2. The number of hydrogen-bond donors (Lipinski definition) is 2. The topological polar surface area (TPSA) is 58.1 Å². The largest absolute Gasteiger partial charge is 0.493 e. The van der Waals surface area contributed by atoms with Crippen LogP contribution in [-0.4, -0.2) is 51.8 Å². The fourth-order valence-corrected chi connectivity index (χ4v) is 2.96. The Morgan fingerprint density at radius 3 is 2.55 bits per heavy atom. The Morgan fingerprint density at radius 2 is 1.81 bits per heavy atom. The SMILES string of the molecule is CN=C(NCc1cccc(OCCN(C)C)c1)NCc1ccccc1OCC1CC1.I. The molecular weight excluding hydrogens is 503 g/mol. The van der Waals surface area contributed by atoms with Crippen molar-refractivity contribution in [2.75, 3.05) is 40.9 Å². The molecule has 0 aromatic heterocycles. The van der Waals surface area contributed by atoms with Gasteiger partial charge in [0.1, 0.15) is 18.1 Å². The van der Waals surface area contributed by atoms with Crippen molar-refractivity contribution in [1.82, 2.24) is 15.5 Å². The van der Waals surface area contributed by atoms with Gasteiger partial charge in [0, 0.05) is 32.2 Å². The summed E-state index contributed by atoms with van der Waals surface area (Å²) in [4.78, 5) is 6.45. The molecule has 0 radical (unpaired) electrons. The van der Waals surface area contributed by atoms with Crippen LogP contribution in [0, 0.1) is 5.92 Å². The van der Waals surface area contributed by atoms with E-state index in [1.165, 1.54) is 12.8 Å². The van der Waals surface area contributed by atoms with Crippen LogP contribution in [0.5, 0.6) is 11.5 Å². The number of guanidine groups is 1. The van der Waals surface area contributed by atoms with Crippen molar-refractivity contribution < 1.29 is 9.47 Å². The molecule has 1 fully saturated rings. The summed E-state index contributed by atoms with van der Waals surface area (Å²) >= 11 is 0. The van der Waals surface area contributed by atoms with Crippen LogP contribution in [-0.2, 0) is 13.1 Å². The fraction of sp³-hybridized carbons (Fsp3) is 0.458. The van der Waals surface area contributed by atoms with E-state index >= 15 is 0 Å². The summed E-state index contributed by atoms with van der Waals surface area (Å²) in [5, 5.41) is 6.75. The van der Waals surface area contributed by atoms with Crippen molar-refractivity contribution in [2.45, 2.75) is 25.9 Å². The first-order chi connectivity index (χ1) is 14.6. The molecule has 1 saturated carbocycles. The third-order valence-corrected chi connectivity index (χ3v) is 4.98. The van der Waals surface area contributed by atoms with Crippen molar-refractivity contribution in [2.24, 2.45) is 10.9 Å². The van der Waals surface area contributed by atoms with E-state index in [1.807, 2.05) is 44.4 Å². The average molecular weight is 538 g/mol. The maximum Gasteiger partial charge on any atom is 0.191 e. The van der Waals surface area contributed by atoms with Gasteiger partial charge in [-0.1, -0.05) is 30.3 Å². The Morgan fingerprint density at radius 1 is 1.03 bits per heavy atom. The number of nitrogens with zero attached hydrogens (tertiary/aromatic N) is 2. The minimum Gasteiger partial charge on any atom is -0.493 e. The number of para-hydroxylation sites is 1. The third-order valence-electron chi connectivity index (χ3n) is 4.98. The predicted octanol–water partition coefficient (Wildman–Crippen LogP) is 3.90. The van der Waals surface area contributed by atoms with Gasteiger partial charge in [-0.15, -0.1) is 24.0 Å². The molecule has 3 rings (SSSR count). The van der Waals surface area contributed by atoms with Crippen molar-refractivity contribution in [3.8, 4) is 11.5 Å². The molecule has 0 bridgehead atoms. The molecule has 6 nitrogen and oxygen atoms in total. The molecule has 170 valence electrons. The molecule has 0 amide bonds. The van der Waals surface area contributed by atoms with Crippen molar-refractivity contribution in [3.05, 3.63) is 59.7 Å². The highest BCUT2D eigenvalue weighted by molar-refractivity contribution is 14.0. The first-order valence-corrected chi connectivity index (χ1v) is 10.7. The Kier molecular flexibility index (Phi) is 10.9. The van der Waals surface area contributed by atoms with E-state index in [9.17, 15) is 0 Å². The number of halogens is 1. The third kappa shape index (κ3) is 9.35. The maximum atomic E-state index is 6.00. The van der Waals surface area contributed by atoms with Crippen LogP contribution < -0.4 is 20.1 Å². The molecule has 0 heterocycles. The number of likely N-dealkylation sites (N-methyl/N-ethyl adjacent to an activating group) is 1. The van der Waals surface area contributed by atoms with Gasteiger partial charge in [-0.2, -0.15) is 0 Å². The Labute approximate surface area is 203 Å².